The molecule has 0 saturated heterocycles. The van der Waals surface area contributed by atoms with Gasteiger partial charge in [0.1, 0.15) is 15.6 Å². The summed E-state index contributed by atoms with van der Waals surface area (Å²) in [6, 6.07) is 6.52. The number of aryl methyl sites for hydroxylation is 1. The number of carboxylic acid groups (broad SMARTS) is 1. The number of hydrogen-bond donors (Lipinski definition) is 1. The van der Waals surface area contributed by atoms with Crippen LogP contribution < -0.4 is 0 Å². The van der Waals surface area contributed by atoms with Gasteiger partial charge in [-0.15, -0.1) is 11.3 Å². The third-order valence-corrected chi connectivity index (χ3v) is 5.27. The van der Waals surface area contributed by atoms with Gasteiger partial charge < -0.3 is 5.11 Å². The Morgan fingerprint density at radius 2 is 1.95 bits per heavy atom. The predicted octanol–water partition coefficient (Wildman–Crippen LogP) is 2.12. The van der Waals surface area contributed by atoms with E-state index in [1.54, 1.807) is 12.1 Å². The van der Waals surface area contributed by atoms with E-state index in [1.165, 1.54) is 18.3 Å². The molecule has 1 aromatic heterocycles. The summed E-state index contributed by atoms with van der Waals surface area (Å²) in [6.07, 6.45) is 1.17. The van der Waals surface area contributed by atoms with Crippen molar-refractivity contribution in [2.45, 2.75) is 17.6 Å². The summed E-state index contributed by atoms with van der Waals surface area (Å²) in [7, 11) is -3.49. The smallest absolute Gasteiger partial charge is 0.347 e. The number of rotatable bonds is 4. The van der Waals surface area contributed by atoms with Crippen molar-refractivity contribution < 1.29 is 18.3 Å². The zero-order valence-electron chi connectivity index (χ0n) is 10.0. The van der Waals surface area contributed by atoms with E-state index >= 15 is 0 Å². The van der Waals surface area contributed by atoms with Crippen molar-refractivity contribution in [3.63, 3.8) is 0 Å². The lowest BCUT2D eigenvalue weighted by Crippen LogP contribution is -2.04. The fourth-order valence-corrected chi connectivity index (χ4v) is 3.84. The van der Waals surface area contributed by atoms with Crippen LogP contribution in [0.1, 0.15) is 20.2 Å². The number of carbonyl (C=O) groups is 1. The number of aromatic nitrogens is 1. The van der Waals surface area contributed by atoms with Crippen LogP contribution in [-0.4, -0.2) is 24.5 Å². The molecule has 0 spiro atoms. The van der Waals surface area contributed by atoms with Gasteiger partial charge in [0, 0.05) is 0 Å². The Morgan fingerprint density at radius 3 is 2.47 bits per heavy atom. The zero-order chi connectivity index (χ0) is 14.0. The Hall–Kier alpha value is -1.73. The third kappa shape index (κ3) is 3.18. The van der Waals surface area contributed by atoms with Gasteiger partial charge in [-0.2, -0.15) is 0 Å². The summed E-state index contributed by atoms with van der Waals surface area (Å²) >= 11 is 0.876. The number of sulfone groups is 1. The first-order valence-corrected chi connectivity index (χ1v) is 7.83. The van der Waals surface area contributed by atoms with Crippen LogP contribution in [0.15, 0.2) is 35.4 Å². The third-order valence-electron chi connectivity index (χ3n) is 2.46. The fraction of sp³-hybridized carbons (Fsp3) is 0.167. The summed E-state index contributed by atoms with van der Waals surface area (Å²) in [6.45, 7) is 1.87. The maximum Gasteiger partial charge on any atom is 0.347 e. The molecule has 100 valence electrons. The SMILES string of the molecule is Cc1ccc(S(=O)(=O)Cc2ncc(C(=O)O)s2)cc1. The van der Waals surface area contributed by atoms with Crippen molar-refractivity contribution in [2.24, 2.45) is 0 Å². The molecule has 0 atom stereocenters. The zero-order valence-corrected chi connectivity index (χ0v) is 11.7. The van der Waals surface area contributed by atoms with Gasteiger partial charge in [-0.3, -0.25) is 0 Å². The molecule has 5 nitrogen and oxygen atoms in total. The number of carboxylic acids is 1. The molecule has 0 amide bonds. The Balaban J connectivity index is 2.25. The number of thiazole rings is 1. The summed E-state index contributed by atoms with van der Waals surface area (Å²) < 4.78 is 24.2. The van der Waals surface area contributed by atoms with Gasteiger partial charge in [0.25, 0.3) is 0 Å². The molecule has 0 unspecified atom stereocenters. The highest BCUT2D eigenvalue weighted by molar-refractivity contribution is 7.90. The monoisotopic (exact) mass is 297 g/mol. The first kappa shape index (κ1) is 13.7. The van der Waals surface area contributed by atoms with E-state index in [9.17, 15) is 13.2 Å². The number of nitrogens with zero attached hydrogens (tertiary/aromatic N) is 1. The highest BCUT2D eigenvalue weighted by Crippen LogP contribution is 2.20. The molecular formula is C12H11NO4S2. The lowest BCUT2D eigenvalue weighted by Gasteiger charge is -2.02. The van der Waals surface area contributed by atoms with Crippen molar-refractivity contribution in [3.8, 4) is 0 Å². The standard InChI is InChI=1S/C12H11NO4S2/c1-8-2-4-9(5-3-8)19(16,17)7-11-13-6-10(18-11)12(14)15/h2-6H,7H2,1H3,(H,14,15). The quantitative estimate of drug-likeness (QED) is 0.934. The summed E-state index contributed by atoms with van der Waals surface area (Å²) in [4.78, 5) is 14.8. The minimum atomic E-state index is -3.49. The highest BCUT2D eigenvalue weighted by atomic mass is 32.2. The Bertz CT molecular complexity index is 702. The second-order valence-corrected chi connectivity index (χ2v) is 7.10. The second kappa shape index (κ2) is 5.10. The van der Waals surface area contributed by atoms with Crippen LogP contribution in [0.5, 0.6) is 0 Å². The fourth-order valence-electron chi connectivity index (χ4n) is 1.47. The minimum absolute atomic E-state index is 0.0362. The van der Waals surface area contributed by atoms with Gasteiger partial charge in [0.2, 0.25) is 0 Å². The summed E-state index contributed by atoms with van der Waals surface area (Å²) in [5.74, 6) is -1.38. The van der Waals surface area contributed by atoms with Crippen LogP contribution in [0, 0.1) is 6.92 Å². The van der Waals surface area contributed by atoms with Crippen molar-refractivity contribution in [1.82, 2.24) is 4.98 Å². The molecule has 0 aliphatic rings. The van der Waals surface area contributed by atoms with E-state index in [-0.39, 0.29) is 20.5 Å². The molecule has 19 heavy (non-hydrogen) atoms. The van der Waals surface area contributed by atoms with E-state index in [1.807, 2.05) is 6.92 Å². The molecule has 0 fully saturated rings. The first-order valence-electron chi connectivity index (χ1n) is 5.36. The van der Waals surface area contributed by atoms with Crippen LogP contribution in [0.25, 0.3) is 0 Å². The molecule has 1 heterocycles. The minimum Gasteiger partial charge on any atom is -0.477 e. The van der Waals surface area contributed by atoms with Crippen molar-refractivity contribution in [3.05, 3.63) is 45.9 Å². The van der Waals surface area contributed by atoms with Crippen LogP contribution >= 0.6 is 11.3 Å². The molecular weight excluding hydrogens is 286 g/mol. The normalized spacial score (nSPS) is 11.4. The average molecular weight is 297 g/mol. The molecule has 1 N–H and O–H groups in total. The van der Waals surface area contributed by atoms with Crippen LogP contribution in [0.3, 0.4) is 0 Å². The molecule has 7 heteroatoms. The van der Waals surface area contributed by atoms with Crippen LogP contribution in [0.4, 0.5) is 0 Å². The van der Waals surface area contributed by atoms with Crippen LogP contribution in [0.2, 0.25) is 0 Å². The molecule has 0 bridgehead atoms. The number of aromatic carboxylic acids is 1. The topological polar surface area (TPSA) is 84.3 Å². The van der Waals surface area contributed by atoms with E-state index in [0.29, 0.717) is 0 Å². The highest BCUT2D eigenvalue weighted by Gasteiger charge is 2.18. The Labute approximate surface area is 114 Å². The summed E-state index contributed by atoms with van der Waals surface area (Å²) in [5.41, 5.74) is 0.973. The molecule has 0 saturated carbocycles. The van der Waals surface area contributed by atoms with Gasteiger partial charge in [-0.05, 0) is 19.1 Å². The van der Waals surface area contributed by atoms with Gasteiger partial charge in [0.05, 0.1) is 11.1 Å². The molecule has 0 radical (unpaired) electrons. The molecule has 0 aliphatic carbocycles. The van der Waals surface area contributed by atoms with Crippen molar-refractivity contribution in [1.29, 1.82) is 0 Å². The van der Waals surface area contributed by atoms with Gasteiger partial charge >= 0.3 is 5.97 Å². The first-order chi connectivity index (χ1) is 8.88. The maximum absolute atomic E-state index is 12.1. The molecule has 0 aliphatic heterocycles. The average Bonchev–Trinajstić information content (AvgIpc) is 2.77. The molecule has 1 aromatic carbocycles. The largest absolute Gasteiger partial charge is 0.477 e. The van der Waals surface area contributed by atoms with Gasteiger partial charge in [0.15, 0.2) is 9.84 Å². The molecule has 2 aromatic rings. The maximum atomic E-state index is 12.1. The predicted molar refractivity (Wildman–Crippen MR) is 71.1 cm³/mol. The van der Waals surface area contributed by atoms with E-state index < -0.39 is 15.8 Å². The Kier molecular flexibility index (Phi) is 3.68. The molecule has 2 rings (SSSR count). The van der Waals surface area contributed by atoms with E-state index in [4.69, 9.17) is 5.11 Å². The lowest BCUT2D eigenvalue weighted by molar-refractivity contribution is 0.0702. The summed E-state index contributed by atoms with van der Waals surface area (Å²) in [5, 5.41) is 9.04. The number of hydrogen-bond acceptors (Lipinski definition) is 5. The lowest BCUT2D eigenvalue weighted by atomic mass is 10.2. The van der Waals surface area contributed by atoms with E-state index in [0.717, 1.165) is 16.9 Å². The van der Waals surface area contributed by atoms with Crippen molar-refractivity contribution in [2.75, 3.05) is 0 Å². The van der Waals surface area contributed by atoms with Crippen molar-refractivity contribution >= 4 is 27.1 Å². The van der Waals surface area contributed by atoms with Crippen LogP contribution in [-0.2, 0) is 15.6 Å². The van der Waals surface area contributed by atoms with E-state index in [2.05, 4.69) is 4.98 Å². The second-order valence-electron chi connectivity index (χ2n) is 4.00. The van der Waals surface area contributed by atoms with Gasteiger partial charge in [-0.25, -0.2) is 18.2 Å². The van der Waals surface area contributed by atoms with Gasteiger partial charge in [-0.1, -0.05) is 17.7 Å². The number of benzene rings is 1. The Morgan fingerprint density at radius 1 is 1.32 bits per heavy atom.